The number of nitrogens with two attached hydrogens (primary N) is 1. The third-order valence-corrected chi connectivity index (χ3v) is 1.91. The van der Waals surface area contributed by atoms with Gasteiger partial charge in [-0.05, 0) is 19.1 Å². The van der Waals surface area contributed by atoms with Crippen LogP contribution in [0.1, 0.15) is 13.3 Å². The molecule has 1 amide bonds. The number of rotatable bonds is 5. The van der Waals surface area contributed by atoms with Crippen molar-refractivity contribution in [3.63, 3.8) is 0 Å². The number of carbonyl (C=O) groups is 1. The Morgan fingerprint density at radius 3 is 2.80 bits per heavy atom. The lowest BCUT2D eigenvalue weighted by Crippen LogP contribution is -2.24. The molecule has 4 N–H and O–H groups in total. The van der Waals surface area contributed by atoms with Gasteiger partial charge < -0.3 is 16.4 Å². The lowest BCUT2D eigenvalue weighted by molar-refractivity contribution is -0.118. The average molecular weight is 208 g/mol. The number of aromatic nitrogens is 1. The lowest BCUT2D eigenvalue weighted by atomic mass is 10.2. The maximum absolute atomic E-state index is 10.7. The van der Waals surface area contributed by atoms with E-state index in [2.05, 4.69) is 15.6 Å². The van der Waals surface area contributed by atoms with Crippen molar-refractivity contribution in [2.24, 2.45) is 5.73 Å². The molecule has 0 radical (unpaired) electrons. The fourth-order valence-corrected chi connectivity index (χ4v) is 1.26. The standard InChI is InChI=1S/C10H16N4O/c1-7(6-8(11)15)13-10-5-3-4-9(12-2)14-10/h3-5,7H,6H2,1-2H3,(H2,11,15)(H2,12,13,14). The number of hydrogen-bond donors (Lipinski definition) is 3. The molecular formula is C10H16N4O. The summed E-state index contributed by atoms with van der Waals surface area (Å²) in [5.74, 6) is 1.20. The van der Waals surface area contributed by atoms with Crippen molar-refractivity contribution in [3.8, 4) is 0 Å². The molecule has 0 saturated heterocycles. The van der Waals surface area contributed by atoms with E-state index in [1.165, 1.54) is 0 Å². The van der Waals surface area contributed by atoms with Crippen LogP contribution in [-0.4, -0.2) is 24.0 Å². The fraction of sp³-hybridized carbons (Fsp3) is 0.400. The molecule has 0 aliphatic carbocycles. The number of hydrogen-bond acceptors (Lipinski definition) is 4. The maximum atomic E-state index is 10.7. The van der Waals surface area contributed by atoms with Crippen molar-refractivity contribution in [1.29, 1.82) is 0 Å². The molecule has 1 heterocycles. The second-order valence-corrected chi connectivity index (χ2v) is 3.37. The van der Waals surface area contributed by atoms with Gasteiger partial charge in [0.25, 0.3) is 0 Å². The first kappa shape index (κ1) is 11.3. The molecule has 0 aliphatic heterocycles. The maximum Gasteiger partial charge on any atom is 0.219 e. The van der Waals surface area contributed by atoms with E-state index in [1.54, 1.807) is 7.05 Å². The topological polar surface area (TPSA) is 80.0 Å². The van der Waals surface area contributed by atoms with Crippen molar-refractivity contribution in [2.75, 3.05) is 17.7 Å². The molecule has 1 aromatic heterocycles. The van der Waals surface area contributed by atoms with Crippen molar-refractivity contribution < 1.29 is 4.79 Å². The third kappa shape index (κ3) is 3.84. The minimum Gasteiger partial charge on any atom is -0.373 e. The van der Waals surface area contributed by atoms with E-state index >= 15 is 0 Å². The van der Waals surface area contributed by atoms with Gasteiger partial charge >= 0.3 is 0 Å². The Morgan fingerprint density at radius 1 is 1.53 bits per heavy atom. The van der Waals surface area contributed by atoms with Gasteiger partial charge in [0.15, 0.2) is 0 Å². The molecule has 0 fully saturated rings. The van der Waals surface area contributed by atoms with E-state index < -0.39 is 0 Å². The van der Waals surface area contributed by atoms with Gasteiger partial charge in [-0.25, -0.2) is 4.98 Å². The van der Waals surface area contributed by atoms with Crippen molar-refractivity contribution in [1.82, 2.24) is 4.98 Å². The molecular weight excluding hydrogens is 192 g/mol. The van der Waals surface area contributed by atoms with Crippen LogP contribution in [0.2, 0.25) is 0 Å². The van der Waals surface area contributed by atoms with Crippen LogP contribution in [-0.2, 0) is 4.79 Å². The van der Waals surface area contributed by atoms with Gasteiger partial charge in [-0.15, -0.1) is 0 Å². The monoisotopic (exact) mass is 208 g/mol. The van der Waals surface area contributed by atoms with Crippen molar-refractivity contribution >= 4 is 17.5 Å². The molecule has 0 bridgehead atoms. The number of anilines is 2. The molecule has 5 nitrogen and oxygen atoms in total. The average Bonchev–Trinajstić information content (AvgIpc) is 2.16. The molecule has 0 spiro atoms. The number of nitrogens with one attached hydrogen (secondary N) is 2. The number of primary amides is 1. The highest BCUT2D eigenvalue weighted by molar-refractivity contribution is 5.74. The number of pyridine rings is 1. The second-order valence-electron chi connectivity index (χ2n) is 3.37. The van der Waals surface area contributed by atoms with Gasteiger partial charge in [0.1, 0.15) is 11.6 Å². The van der Waals surface area contributed by atoms with Crippen LogP contribution >= 0.6 is 0 Å². The summed E-state index contributed by atoms with van der Waals surface area (Å²) in [5.41, 5.74) is 5.09. The minimum absolute atomic E-state index is 0.0119. The number of nitrogens with zero attached hydrogens (tertiary/aromatic N) is 1. The zero-order valence-electron chi connectivity index (χ0n) is 8.95. The largest absolute Gasteiger partial charge is 0.373 e. The second kappa shape index (κ2) is 5.19. The molecule has 1 atom stereocenters. The highest BCUT2D eigenvalue weighted by atomic mass is 16.1. The fourth-order valence-electron chi connectivity index (χ4n) is 1.26. The van der Waals surface area contributed by atoms with Gasteiger partial charge in [-0.3, -0.25) is 4.79 Å². The Morgan fingerprint density at radius 2 is 2.20 bits per heavy atom. The van der Waals surface area contributed by atoms with Crippen LogP contribution in [0.5, 0.6) is 0 Å². The molecule has 1 aromatic rings. The minimum atomic E-state index is -0.320. The van der Waals surface area contributed by atoms with E-state index in [1.807, 2.05) is 25.1 Å². The summed E-state index contributed by atoms with van der Waals surface area (Å²) in [4.78, 5) is 14.9. The summed E-state index contributed by atoms with van der Waals surface area (Å²) < 4.78 is 0. The number of amides is 1. The molecule has 5 heteroatoms. The van der Waals surface area contributed by atoms with E-state index in [-0.39, 0.29) is 11.9 Å². The van der Waals surface area contributed by atoms with Crippen molar-refractivity contribution in [2.45, 2.75) is 19.4 Å². The Bertz CT molecular complexity index is 340. The van der Waals surface area contributed by atoms with Crippen LogP contribution < -0.4 is 16.4 Å². The summed E-state index contributed by atoms with van der Waals surface area (Å²) in [6.07, 6.45) is 0.297. The van der Waals surface area contributed by atoms with E-state index in [9.17, 15) is 4.79 Å². The zero-order valence-corrected chi connectivity index (χ0v) is 8.95. The van der Waals surface area contributed by atoms with Crippen LogP contribution in [0, 0.1) is 0 Å². The highest BCUT2D eigenvalue weighted by Gasteiger charge is 2.06. The van der Waals surface area contributed by atoms with Crippen LogP contribution in [0.3, 0.4) is 0 Å². The Balaban J connectivity index is 2.59. The molecule has 0 aliphatic rings. The van der Waals surface area contributed by atoms with Gasteiger partial charge in [0, 0.05) is 19.5 Å². The molecule has 0 aromatic carbocycles. The lowest BCUT2D eigenvalue weighted by Gasteiger charge is -2.13. The predicted molar refractivity (Wildman–Crippen MR) is 60.7 cm³/mol. The SMILES string of the molecule is CNc1cccc(NC(C)CC(N)=O)n1. The first-order valence-corrected chi connectivity index (χ1v) is 4.81. The van der Waals surface area contributed by atoms with Crippen LogP contribution in [0.4, 0.5) is 11.6 Å². The molecule has 15 heavy (non-hydrogen) atoms. The van der Waals surface area contributed by atoms with Crippen LogP contribution in [0.25, 0.3) is 0 Å². The first-order chi connectivity index (χ1) is 7.11. The Labute approximate surface area is 89.1 Å². The normalized spacial score (nSPS) is 11.9. The van der Waals surface area contributed by atoms with Gasteiger partial charge in [0.2, 0.25) is 5.91 Å². The van der Waals surface area contributed by atoms with Crippen LogP contribution in [0.15, 0.2) is 18.2 Å². The number of carbonyl (C=O) groups excluding carboxylic acids is 1. The van der Waals surface area contributed by atoms with E-state index in [0.29, 0.717) is 6.42 Å². The predicted octanol–water partition coefficient (Wildman–Crippen LogP) is 0.799. The Kier molecular flexibility index (Phi) is 3.91. The summed E-state index contributed by atoms with van der Waals surface area (Å²) >= 11 is 0. The Hall–Kier alpha value is -1.78. The highest BCUT2D eigenvalue weighted by Crippen LogP contribution is 2.10. The van der Waals surface area contributed by atoms with E-state index in [4.69, 9.17) is 5.73 Å². The molecule has 0 saturated carbocycles. The molecule has 82 valence electrons. The summed E-state index contributed by atoms with van der Waals surface area (Å²) in [6.45, 7) is 1.89. The van der Waals surface area contributed by atoms with Crippen molar-refractivity contribution in [3.05, 3.63) is 18.2 Å². The van der Waals surface area contributed by atoms with Gasteiger partial charge in [0.05, 0.1) is 0 Å². The first-order valence-electron chi connectivity index (χ1n) is 4.81. The molecule has 1 unspecified atom stereocenters. The zero-order chi connectivity index (χ0) is 11.3. The van der Waals surface area contributed by atoms with Gasteiger partial charge in [-0.1, -0.05) is 6.07 Å². The summed E-state index contributed by atoms with van der Waals surface area (Å²) in [7, 11) is 1.80. The van der Waals surface area contributed by atoms with Gasteiger partial charge in [-0.2, -0.15) is 0 Å². The third-order valence-electron chi connectivity index (χ3n) is 1.91. The quantitative estimate of drug-likeness (QED) is 0.668. The summed E-state index contributed by atoms with van der Waals surface area (Å²) in [6, 6.07) is 5.59. The summed E-state index contributed by atoms with van der Waals surface area (Å²) in [5, 5.41) is 6.03. The van der Waals surface area contributed by atoms with E-state index in [0.717, 1.165) is 11.6 Å². The molecule has 1 rings (SSSR count). The smallest absolute Gasteiger partial charge is 0.219 e.